The number of hydrogen-bond donors (Lipinski definition) is 1. The fourth-order valence-electron chi connectivity index (χ4n) is 0.960. The summed E-state index contributed by atoms with van der Waals surface area (Å²) in [6, 6.07) is 4.33. The summed E-state index contributed by atoms with van der Waals surface area (Å²) in [6.07, 6.45) is 0. The Bertz CT molecular complexity index is 430. The largest absolute Gasteiger partial charge is 0.333 e. The molecule has 0 fully saturated rings. The third kappa shape index (κ3) is 3.41. The molecular weight excluding hydrogens is 209 g/mol. The van der Waals surface area contributed by atoms with E-state index in [0.29, 0.717) is 0 Å². The van der Waals surface area contributed by atoms with Crippen molar-refractivity contribution in [2.45, 2.75) is 13.5 Å². The van der Waals surface area contributed by atoms with Gasteiger partial charge in [0.1, 0.15) is 5.82 Å². The molecule has 0 saturated heterocycles. The fraction of sp³-hybridized carbons (Fsp3) is 0.250. The Kier molecular flexibility index (Phi) is 3.20. The second kappa shape index (κ2) is 4.04. The van der Waals surface area contributed by atoms with Crippen LogP contribution < -0.4 is 5.14 Å². The Labute approximate surface area is 81.8 Å². The minimum absolute atomic E-state index is 0.166. The average Bonchev–Trinajstić information content (AvgIpc) is 2.05. The zero-order valence-corrected chi connectivity index (χ0v) is 8.34. The molecule has 1 aromatic rings. The molecule has 2 N–H and O–H groups in total. The van der Waals surface area contributed by atoms with Crippen molar-refractivity contribution in [1.29, 1.82) is 0 Å². The molecule has 0 amide bonds. The topological polar surface area (TPSA) is 69.4 Å². The molecule has 0 saturated carbocycles. The van der Waals surface area contributed by atoms with Gasteiger partial charge in [0.05, 0.1) is 6.61 Å². The Morgan fingerprint density at radius 2 is 2.14 bits per heavy atom. The van der Waals surface area contributed by atoms with E-state index in [0.717, 1.165) is 5.56 Å². The van der Waals surface area contributed by atoms with Crippen molar-refractivity contribution in [2.24, 2.45) is 5.14 Å². The normalized spacial score (nSPS) is 11.6. The van der Waals surface area contributed by atoms with Crippen molar-refractivity contribution < 1.29 is 17.0 Å². The summed E-state index contributed by atoms with van der Waals surface area (Å²) in [5, 5.41) is 4.60. The Hall–Kier alpha value is -0.980. The summed E-state index contributed by atoms with van der Waals surface area (Å²) < 4.78 is 38.2. The van der Waals surface area contributed by atoms with Crippen molar-refractivity contribution in [3.05, 3.63) is 35.1 Å². The molecule has 0 radical (unpaired) electrons. The van der Waals surface area contributed by atoms with E-state index in [2.05, 4.69) is 9.32 Å². The van der Waals surface area contributed by atoms with E-state index in [9.17, 15) is 12.8 Å². The first kappa shape index (κ1) is 11.1. The summed E-state index contributed by atoms with van der Waals surface area (Å²) in [4.78, 5) is 0. The van der Waals surface area contributed by atoms with Crippen LogP contribution in [-0.2, 0) is 21.1 Å². The van der Waals surface area contributed by atoms with Gasteiger partial charge in [-0.25, -0.2) is 9.53 Å². The SMILES string of the molecule is Cc1ccc(F)c(COS(N)(=O)=O)c1. The second-order valence-electron chi connectivity index (χ2n) is 2.85. The van der Waals surface area contributed by atoms with E-state index in [-0.39, 0.29) is 12.2 Å². The molecule has 78 valence electrons. The van der Waals surface area contributed by atoms with Gasteiger partial charge in [0, 0.05) is 5.56 Å². The number of rotatable bonds is 3. The lowest BCUT2D eigenvalue weighted by molar-refractivity contribution is 0.303. The van der Waals surface area contributed by atoms with Gasteiger partial charge in [-0.1, -0.05) is 17.7 Å². The zero-order valence-electron chi connectivity index (χ0n) is 7.53. The highest BCUT2D eigenvalue weighted by atomic mass is 32.2. The second-order valence-corrected chi connectivity index (χ2v) is 4.07. The predicted molar refractivity (Wildman–Crippen MR) is 49.0 cm³/mol. The highest BCUT2D eigenvalue weighted by Gasteiger charge is 2.07. The van der Waals surface area contributed by atoms with E-state index in [4.69, 9.17) is 0 Å². The maximum Gasteiger partial charge on any atom is 0.333 e. The number of benzene rings is 1. The van der Waals surface area contributed by atoms with Crippen LogP contribution in [0.4, 0.5) is 4.39 Å². The average molecular weight is 219 g/mol. The molecule has 0 aliphatic carbocycles. The number of hydrogen-bond acceptors (Lipinski definition) is 3. The summed E-state index contributed by atoms with van der Waals surface area (Å²) in [5.74, 6) is -0.515. The van der Waals surface area contributed by atoms with Crippen LogP contribution in [0.5, 0.6) is 0 Å². The molecule has 0 bridgehead atoms. The molecular formula is C8H10FNO3S. The molecule has 6 heteroatoms. The van der Waals surface area contributed by atoms with Crippen LogP contribution in [0.3, 0.4) is 0 Å². The molecule has 14 heavy (non-hydrogen) atoms. The first-order chi connectivity index (χ1) is 6.38. The molecule has 0 spiro atoms. The van der Waals surface area contributed by atoms with Crippen molar-refractivity contribution in [3.8, 4) is 0 Å². The van der Waals surface area contributed by atoms with Gasteiger partial charge in [-0.05, 0) is 13.0 Å². The smallest absolute Gasteiger partial charge is 0.253 e. The Morgan fingerprint density at radius 3 is 2.71 bits per heavy atom. The minimum atomic E-state index is -4.02. The van der Waals surface area contributed by atoms with E-state index in [1.165, 1.54) is 12.1 Å². The molecule has 0 aliphatic heterocycles. The summed E-state index contributed by atoms with van der Waals surface area (Å²) in [6.45, 7) is 1.38. The van der Waals surface area contributed by atoms with Gasteiger partial charge in [-0.2, -0.15) is 8.42 Å². The van der Waals surface area contributed by atoms with E-state index < -0.39 is 16.1 Å². The van der Waals surface area contributed by atoms with E-state index in [1.807, 2.05) is 0 Å². The summed E-state index contributed by atoms with van der Waals surface area (Å²) >= 11 is 0. The standard InChI is InChI=1S/C8H10FNO3S/c1-6-2-3-8(9)7(4-6)5-13-14(10,11)12/h2-4H,5H2,1H3,(H2,10,11,12). The number of aryl methyl sites for hydroxylation is 1. The van der Waals surface area contributed by atoms with Crippen molar-refractivity contribution in [3.63, 3.8) is 0 Å². The molecule has 1 aromatic carbocycles. The minimum Gasteiger partial charge on any atom is -0.253 e. The first-order valence-electron chi connectivity index (χ1n) is 3.80. The lowest BCUT2D eigenvalue weighted by Gasteiger charge is -2.03. The predicted octanol–water partition coefficient (Wildman–Crippen LogP) is 0.854. The number of nitrogens with two attached hydrogens (primary N) is 1. The number of halogens is 1. The third-order valence-electron chi connectivity index (χ3n) is 1.58. The van der Waals surface area contributed by atoms with E-state index >= 15 is 0 Å². The molecule has 0 aliphatic rings. The maximum absolute atomic E-state index is 13.0. The van der Waals surface area contributed by atoms with Crippen LogP contribution in [0, 0.1) is 12.7 Å². The van der Waals surface area contributed by atoms with Crippen LogP contribution in [-0.4, -0.2) is 8.42 Å². The lowest BCUT2D eigenvalue weighted by Crippen LogP contribution is -2.15. The van der Waals surface area contributed by atoms with Gasteiger partial charge in [0.2, 0.25) is 0 Å². The van der Waals surface area contributed by atoms with Crippen LogP contribution >= 0.6 is 0 Å². The van der Waals surface area contributed by atoms with Crippen LogP contribution in [0.25, 0.3) is 0 Å². The van der Waals surface area contributed by atoms with Gasteiger partial charge in [0.25, 0.3) is 0 Å². The van der Waals surface area contributed by atoms with Crippen molar-refractivity contribution in [1.82, 2.24) is 0 Å². The Morgan fingerprint density at radius 1 is 1.50 bits per heavy atom. The molecule has 0 aromatic heterocycles. The monoisotopic (exact) mass is 219 g/mol. The maximum atomic E-state index is 13.0. The Balaban J connectivity index is 2.81. The van der Waals surface area contributed by atoms with Gasteiger partial charge in [-0.15, -0.1) is 0 Å². The summed E-state index contributed by atoms with van der Waals surface area (Å²) in [7, 11) is -4.02. The van der Waals surface area contributed by atoms with Crippen molar-refractivity contribution in [2.75, 3.05) is 0 Å². The van der Waals surface area contributed by atoms with Gasteiger partial charge in [-0.3, -0.25) is 4.18 Å². The lowest BCUT2D eigenvalue weighted by atomic mass is 10.1. The quantitative estimate of drug-likeness (QED) is 0.819. The molecule has 0 heterocycles. The van der Waals surface area contributed by atoms with E-state index in [1.54, 1.807) is 13.0 Å². The van der Waals surface area contributed by atoms with Gasteiger partial charge >= 0.3 is 10.3 Å². The van der Waals surface area contributed by atoms with Crippen LogP contribution in [0.1, 0.15) is 11.1 Å². The highest BCUT2D eigenvalue weighted by molar-refractivity contribution is 7.84. The summed E-state index contributed by atoms with van der Waals surface area (Å²) in [5.41, 5.74) is 0.985. The van der Waals surface area contributed by atoms with Crippen molar-refractivity contribution >= 4 is 10.3 Å². The molecule has 0 unspecified atom stereocenters. The highest BCUT2D eigenvalue weighted by Crippen LogP contribution is 2.11. The van der Waals surface area contributed by atoms with Gasteiger partial charge in [0.15, 0.2) is 0 Å². The van der Waals surface area contributed by atoms with Gasteiger partial charge < -0.3 is 0 Å². The molecule has 0 atom stereocenters. The first-order valence-corrected chi connectivity index (χ1v) is 5.28. The third-order valence-corrected chi connectivity index (χ3v) is 2.03. The fourth-order valence-corrected chi connectivity index (χ4v) is 1.25. The van der Waals surface area contributed by atoms with Crippen LogP contribution in [0.2, 0.25) is 0 Å². The molecule has 4 nitrogen and oxygen atoms in total. The van der Waals surface area contributed by atoms with Crippen LogP contribution in [0.15, 0.2) is 18.2 Å². The zero-order chi connectivity index (χ0) is 10.8. The molecule has 1 rings (SSSR count).